The van der Waals surface area contributed by atoms with Gasteiger partial charge in [-0.25, -0.2) is 4.79 Å². The predicted octanol–water partition coefficient (Wildman–Crippen LogP) is 2.69. The second-order valence-electron chi connectivity index (χ2n) is 5.32. The molecule has 24 heavy (non-hydrogen) atoms. The van der Waals surface area contributed by atoms with Gasteiger partial charge in [-0.1, -0.05) is 0 Å². The van der Waals surface area contributed by atoms with Gasteiger partial charge in [0, 0.05) is 17.6 Å². The first-order valence-corrected chi connectivity index (χ1v) is 7.38. The summed E-state index contributed by atoms with van der Waals surface area (Å²) in [7, 11) is 1.54. The number of ether oxygens (including phenoxy) is 1. The van der Waals surface area contributed by atoms with Crippen LogP contribution in [-0.4, -0.2) is 18.0 Å². The number of nitrogens with one attached hydrogen (secondary N) is 1. The lowest BCUT2D eigenvalue weighted by Gasteiger charge is -2.09. The Labute approximate surface area is 138 Å². The molecule has 1 amide bonds. The Balaban J connectivity index is 1.92. The Morgan fingerprint density at radius 1 is 1.33 bits per heavy atom. The van der Waals surface area contributed by atoms with Gasteiger partial charge in [-0.3, -0.25) is 9.78 Å². The molecule has 0 aliphatic rings. The number of nitrogens with zero attached hydrogens (tertiary/aromatic N) is 1. The van der Waals surface area contributed by atoms with E-state index in [1.807, 2.05) is 6.07 Å². The molecule has 2 aromatic heterocycles. The first kappa shape index (κ1) is 15.7. The van der Waals surface area contributed by atoms with Crippen LogP contribution in [0, 0.1) is 6.92 Å². The molecule has 0 saturated heterocycles. The van der Waals surface area contributed by atoms with Crippen LogP contribution in [0.1, 0.15) is 11.1 Å². The van der Waals surface area contributed by atoms with Crippen LogP contribution in [0.2, 0.25) is 0 Å². The van der Waals surface area contributed by atoms with E-state index in [9.17, 15) is 9.59 Å². The van der Waals surface area contributed by atoms with Gasteiger partial charge in [0.05, 0.1) is 31.0 Å². The quantitative estimate of drug-likeness (QED) is 0.746. The summed E-state index contributed by atoms with van der Waals surface area (Å²) in [4.78, 5) is 28.4. The molecule has 0 unspecified atom stereocenters. The molecule has 0 spiro atoms. The van der Waals surface area contributed by atoms with Crippen molar-refractivity contribution < 1.29 is 13.9 Å². The molecular formula is C18H16N2O4. The summed E-state index contributed by atoms with van der Waals surface area (Å²) in [5.74, 6) is 0.304. The average Bonchev–Trinajstić information content (AvgIpc) is 2.59. The number of aromatic nitrogens is 1. The molecule has 3 rings (SSSR count). The zero-order valence-electron chi connectivity index (χ0n) is 13.3. The van der Waals surface area contributed by atoms with E-state index in [2.05, 4.69) is 10.3 Å². The first-order chi connectivity index (χ1) is 11.6. The minimum absolute atomic E-state index is 0.0645. The van der Waals surface area contributed by atoms with E-state index in [4.69, 9.17) is 9.15 Å². The van der Waals surface area contributed by atoms with Gasteiger partial charge in [0.15, 0.2) is 0 Å². The summed E-state index contributed by atoms with van der Waals surface area (Å²) in [6.07, 6.45) is 3.09. The van der Waals surface area contributed by atoms with E-state index < -0.39 is 5.63 Å². The molecule has 0 bridgehead atoms. The maximum Gasteiger partial charge on any atom is 0.340 e. The van der Waals surface area contributed by atoms with Crippen LogP contribution in [0.5, 0.6) is 5.75 Å². The summed E-state index contributed by atoms with van der Waals surface area (Å²) >= 11 is 0. The van der Waals surface area contributed by atoms with Crippen LogP contribution in [0.4, 0.5) is 5.69 Å². The number of pyridine rings is 1. The molecule has 0 aliphatic carbocycles. The zero-order chi connectivity index (χ0) is 17.1. The molecular weight excluding hydrogens is 308 g/mol. The summed E-state index contributed by atoms with van der Waals surface area (Å²) in [6.45, 7) is 1.80. The molecule has 2 heterocycles. The van der Waals surface area contributed by atoms with Gasteiger partial charge in [-0.2, -0.15) is 0 Å². The summed E-state index contributed by atoms with van der Waals surface area (Å²) < 4.78 is 10.5. The number of hydrogen-bond donors (Lipinski definition) is 1. The van der Waals surface area contributed by atoms with Crippen LogP contribution < -0.4 is 15.7 Å². The lowest BCUT2D eigenvalue weighted by molar-refractivity contribution is -0.115. The van der Waals surface area contributed by atoms with E-state index in [0.717, 1.165) is 10.9 Å². The highest BCUT2D eigenvalue weighted by molar-refractivity contribution is 5.93. The van der Waals surface area contributed by atoms with Gasteiger partial charge in [-0.05, 0) is 36.8 Å². The van der Waals surface area contributed by atoms with E-state index in [1.54, 1.807) is 50.7 Å². The molecule has 0 saturated carbocycles. The number of hydrogen-bond acceptors (Lipinski definition) is 5. The van der Waals surface area contributed by atoms with E-state index >= 15 is 0 Å². The summed E-state index contributed by atoms with van der Waals surface area (Å²) in [5.41, 5.74) is 1.57. The maximum atomic E-state index is 12.2. The normalized spacial score (nSPS) is 10.6. The fourth-order valence-electron chi connectivity index (χ4n) is 2.51. The Morgan fingerprint density at radius 2 is 2.17 bits per heavy atom. The van der Waals surface area contributed by atoms with E-state index in [1.165, 1.54) is 0 Å². The van der Waals surface area contributed by atoms with Crippen molar-refractivity contribution in [2.45, 2.75) is 13.3 Å². The van der Waals surface area contributed by atoms with Gasteiger partial charge in [0.2, 0.25) is 5.91 Å². The second-order valence-corrected chi connectivity index (χ2v) is 5.32. The van der Waals surface area contributed by atoms with Gasteiger partial charge in [-0.15, -0.1) is 0 Å². The van der Waals surface area contributed by atoms with Crippen LogP contribution >= 0.6 is 0 Å². The fraction of sp³-hybridized carbons (Fsp3) is 0.167. The number of benzene rings is 1. The van der Waals surface area contributed by atoms with Gasteiger partial charge in [0.1, 0.15) is 11.3 Å². The smallest absolute Gasteiger partial charge is 0.340 e. The molecule has 0 radical (unpaired) electrons. The molecule has 0 atom stereocenters. The fourth-order valence-corrected chi connectivity index (χ4v) is 2.51. The van der Waals surface area contributed by atoms with Gasteiger partial charge < -0.3 is 14.5 Å². The highest BCUT2D eigenvalue weighted by Gasteiger charge is 2.15. The number of anilines is 1. The van der Waals surface area contributed by atoms with Crippen molar-refractivity contribution in [2.24, 2.45) is 0 Å². The maximum absolute atomic E-state index is 12.2. The monoisotopic (exact) mass is 324 g/mol. The number of rotatable bonds is 4. The van der Waals surface area contributed by atoms with Crippen molar-refractivity contribution in [1.82, 2.24) is 4.98 Å². The lowest BCUT2D eigenvalue weighted by Crippen LogP contribution is -2.20. The van der Waals surface area contributed by atoms with Crippen molar-refractivity contribution in [3.63, 3.8) is 0 Å². The molecule has 1 aromatic carbocycles. The standard InChI is InChI=1S/C18H16N2O4/c1-11-14-6-5-13(23-2)8-16(14)24-18(22)15(11)9-17(21)20-12-4-3-7-19-10-12/h3-8,10H,9H2,1-2H3,(H,20,21). The number of aryl methyl sites for hydroxylation is 1. The molecule has 3 aromatic rings. The molecule has 6 nitrogen and oxygen atoms in total. The third kappa shape index (κ3) is 3.12. The Hall–Kier alpha value is -3.15. The number of methoxy groups -OCH3 is 1. The van der Waals surface area contributed by atoms with Crippen molar-refractivity contribution in [3.05, 3.63) is 64.3 Å². The highest BCUT2D eigenvalue weighted by atomic mass is 16.5. The number of carbonyl (C=O) groups excluding carboxylic acids is 1. The zero-order valence-corrected chi connectivity index (χ0v) is 13.3. The SMILES string of the molecule is COc1ccc2c(C)c(CC(=O)Nc3cccnc3)c(=O)oc2c1. The number of fused-ring (bicyclic) bond motifs is 1. The Kier molecular flexibility index (Phi) is 4.29. The Bertz CT molecular complexity index is 948. The average molecular weight is 324 g/mol. The van der Waals surface area contributed by atoms with Crippen LogP contribution in [0.25, 0.3) is 11.0 Å². The van der Waals surface area contributed by atoms with Gasteiger partial charge >= 0.3 is 5.63 Å². The van der Waals surface area contributed by atoms with Gasteiger partial charge in [0.25, 0.3) is 0 Å². The summed E-state index contributed by atoms with van der Waals surface area (Å²) in [5, 5.41) is 3.49. The van der Waals surface area contributed by atoms with Crippen LogP contribution in [0.15, 0.2) is 51.9 Å². The number of amides is 1. The molecule has 0 fully saturated rings. The topological polar surface area (TPSA) is 81.4 Å². The largest absolute Gasteiger partial charge is 0.497 e. The third-order valence-electron chi connectivity index (χ3n) is 3.78. The molecule has 6 heteroatoms. The summed E-state index contributed by atoms with van der Waals surface area (Å²) in [6, 6.07) is 8.71. The van der Waals surface area contributed by atoms with Crippen molar-refractivity contribution in [1.29, 1.82) is 0 Å². The second kappa shape index (κ2) is 6.54. The van der Waals surface area contributed by atoms with Crippen LogP contribution in [-0.2, 0) is 11.2 Å². The molecule has 122 valence electrons. The molecule has 1 N–H and O–H groups in total. The number of carbonyl (C=O) groups is 1. The molecule has 0 aliphatic heterocycles. The van der Waals surface area contributed by atoms with Crippen molar-refractivity contribution in [2.75, 3.05) is 12.4 Å². The first-order valence-electron chi connectivity index (χ1n) is 7.38. The van der Waals surface area contributed by atoms with Crippen LogP contribution in [0.3, 0.4) is 0 Å². The Morgan fingerprint density at radius 3 is 2.88 bits per heavy atom. The lowest BCUT2D eigenvalue weighted by atomic mass is 10.0. The highest BCUT2D eigenvalue weighted by Crippen LogP contribution is 2.24. The minimum Gasteiger partial charge on any atom is -0.497 e. The third-order valence-corrected chi connectivity index (χ3v) is 3.78. The van der Waals surface area contributed by atoms with E-state index in [0.29, 0.717) is 22.6 Å². The predicted molar refractivity (Wildman–Crippen MR) is 90.3 cm³/mol. The minimum atomic E-state index is -0.519. The van der Waals surface area contributed by atoms with Crippen molar-refractivity contribution >= 4 is 22.6 Å². The van der Waals surface area contributed by atoms with Crippen molar-refractivity contribution in [3.8, 4) is 5.75 Å². The van der Waals surface area contributed by atoms with E-state index in [-0.39, 0.29) is 12.3 Å².